The van der Waals surface area contributed by atoms with E-state index in [2.05, 4.69) is 39.8 Å². The quantitative estimate of drug-likeness (QED) is 0.682. The van der Waals surface area contributed by atoms with Crippen molar-refractivity contribution in [3.63, 3.8) is 0 Å². The van der Waals surface area contributed by atoms with Gasteiger partial charge in [-0.05, 0) is 32.5 Å². The molecule has 0 aliphatic carbocycles. The Kier molecular flexibility index (Phi) is 5.51. The van der Waals surface area contributed by atoms with Crippen LogP contribution in [-0.4, -0.2) is 31.6 Å². The highest BCUT2D eigenvalue weighted by molar-refractivity contribution is 4.78. The van der Waals surface area contributed by atoms with Gasteiger partial charge < -0.3 is 10.6 Å². The van der Waals surface area contributed by atoms with Gasteiger partial charge in [0.15, 0.2) is 0 Å². The number of hydrogen-bond acceptors (Lipinski definition) is 2. The molecule has 0 saturated carbocycles. The van der Waals surface area contributed by atoms with Crippen LogP contribution >= 0.6 is 0 Å². The molecule has 2 unspecified atom stereocenters. The molecule has 0 aliphatic heterocycles. The first kappa shape index (κ1) is 11.9. The molecule has 0 rings (SSSR count). The zero-order valence-electron chi connectivity index (χ0n) is 9.17. The van der Waals surface area contributed by atoms with Crippen molar-refractivity contribution in [1.29, 1.82) is 0 Å². The van der Waals surface area contributed by atoms with E-state index >= 15 is 0 Å². The van der Waals surface area contributed by atoms with E-state index in [1.807, 2.05) is 0 Å². The first-order chi connectivity index (χ1) is 5.54. The molecule has 0 aromatic heterocycles. The molecule has 0 spiro atoms. The highest BCUT2D eigenvalue weighted by atomic mass is 15.1. The number of rotatable bonds is 5. The minimum atomic E-state index is 0.625. The summed E-state index contributed by atoms with van der Waals surface area (Å²) in [5.74, 6) is 1.33. The molecule has 0 amide bonds. The smallest absolute Gasteiger partial charge is 0.0152 e. The van der Waals surface area contributed by atoms with Crippen molar-refractivity contribution in [3.8, 4) is 0 Å². The van der Waals surface area contributed by atoms with E-state index in [1.54, 1.807) is 0 Å². The Hall–Kier alpha value is -0.0800. The third-order valence-corrected chi connectivity index (χ3v) is 2.59. The van der Waals surface area contributed by atoms with Gasteiger partial charge in [-0.1, -0.05) is 27.2 Å². The molecule has 2 atom stereocenters. The molecule has 2 N–H and O–H groups in total. The molecular formula is C10H24N2. The molecule has 0 aromatic rings. The maximum Gasteiger partial charge on any atom is 0.0152 e. The summed E-state index contributed by atoms with van der Waals surface area (Å²) in [6.45, 7) is 7.56. The van der Waals surface area contributed by atoms with E-state index < -0.39 is 0 Å². The topological polar surface area (TPSA) is 29.3 Å². The van der Waals surface area contributed by atoms with Gasteiger partial charge in [0.1, 0.15) is 0 Å². The van der Waals surface area contributed by atoms with Crippen LogP contribution in [0.4, 0.5) is 0 Å². The van der Waals surface area contributed by atoms with Crippen LogP contribution in [0.15, 0.2) is 0 Å². The maximum absolute atomic E-state index is 5.73. The van der Waals surface area contributed by atoms with Crippen molar-refractivity contribution in [2.45, 2.75) is 33.2 Å². The van der Waals surface area contributed by atoms with E-state index in [0.717, 1.165) is 6.54 Å². The van der Waals surface area contributed by atoms with E-state index in [-0.39, 0.29) is 0 Å². The first-order valence-corrected chi connectivity index (χ1v) is 4.91. The fraction of sp³-hybridized carbons (Fsp3) is 1.00. The van der Waals surface area contributed by atoms with Crippen LogP contribution in [0.3, 0.4) is 0 Å². The van der Waals surface area contributed by atoms with Crippen LogP contribution in [0.5, 0.6) is 0 Å². The second kappa shape index (κ2) is 5.55. The third-order valence-electron chi connectivity index (χ3n) is 2.59. The summed E-state index contributed by atoms with van der Waals surface area (Å²) in [7, 11) is 4.28. The molecular weight excluding hydrogens is 148 g/mol. The molecule has 74 valence electrons. The van der Waals surface area contributed by atoms with Gasteiger partial charge in [-0.3, -0.25) is 0 Å². The van der Waals surface area contributed by atoms with E-state index in [1.165, 1.54) is 6.42 Å². The van der Waals surface area contributed by atoms with Crippen molar-refractivity contribution >= 4 is 0 Å². The first-order valence-electron chi connectivity index (χ1n) is 4.91. The van der Waals surface area contributed by atoms with Crippen LogP contribution in [0.25, 0.3) is 0 Å². The van der Waals surface area contributed by atoms with Crippen LogP contribution in [-0.2, 0) is 0 Å². The van der Waals surface area contributed by atoms with Gasteiger partial charge >= 0.3 is 0 Å². The zero-order valence-corrected chi connectivity index (χ0v) is 9.17. The Bertz CT molecular complexity index is 98.4. The summed E-state index contributed by atoms with van der Waals surface area (Å²) in [5.41, 5.74) is 5.73. The number of nitrogens with two attached hydrogens (primary N) is 1. The van der Waals surface area contributed by atoms with Gasteiger partial charge in [-0.2, -0.15) is 0 Å². The Morgan fingerprint density at radius 1 is 1.25 bits per heavy atom. The average molecular weight is 172 g/mol. The molecule has 0 aliphatic rings. The SMILES string of the molecule is CCC(CN)C(C(C)C)N(C)C. The summed E-state index contributed by atoms with van der Waals surface area (Å²) in [5, 5.41) is 0. The lowest BCUT2D eigenvalue weighted by Gasteiger charge is -2.34. The summed E-state index contributed by atoms with van der Waals surface area (Å²) in [4.78, 5) is 2.30. The van der Waals surface area contributed by atoms with Crippen molar-refractivity contribution in [3.05, 3.63) is 0 Å². The maximum atomic E-state index is 5.73. The van der Waals surface area contributed by atoms with Crippen LogP contribution in [0, 0.1) is 11.8 Å². The summed E-state index contributed by atoms with van der Waals surface area (Å²) in [6.07, 6.45) is 1.18. The fourth-order valence-electron chi connectivity index (χ4n) is 2.11. The molecule has 0 saturated heterocycles. The predicted molar refractivity (Wildman–Crippen MR) is 55.1 cm³/mol. The van der Waals surface area contributed by atoms with E-state index in [9.17, 15) is 0 Å². The van der Waals surface area contributed by atoms with E-state index in [4.69, 9.17) is 5.73 Å². The van der Waals surface area contributed by atoms with Gasteiger partial charge in [-0.25, -0.2) is 0 Å². The molecule has 0 radical (unpaired) electrons. The van der Waals surface area contributed by atoms with Gasteiger partial charge in [0.2, 0.25) is 0 Å². The fourth-order valence-corrected chi connectivity index (χ4v) is 2.11. The van der Waals surface area contributed by atoms with Crippen LogP contribution < -0.4 is 5.73 Å². The Morgan fingerprint density at radius 2 is 1.75 bits per heavy atom. The Labute approximate surface area is 77.1 Å². The Morgan fingerprint density at radius 3 is 1.83 bits per heavy atom. The summed E-state index contributed by atoms with van der Waals surface area (Å²) < 4.78 is 0. The second-order valence-corrected chi connectivity index (χ2v) is 4.10. The van der Waals surface area contributed by atoms with Crippen molar-refractivity contribution in [2.24, 2.45) is 17.6 Å². The van der Waals surface area contributed by atoms with Gasteiger partial charge in [0.25, 0.3) is 0 Å². The summed E-state index contributed by atoms with van der Waals surface area (Å²) in [6, 6.07) is 0.625. The average Bonchev–Trinajstić information content (AvgIpc) is 1.98. The number of nitrogens with zero attached hydrogens (tertiary/aromatic N) is 1. The lowest BCUT2D eigenvalue weighted by molar-refractivity contribution is 0.157. The van der Waals surface area contributed by atoms with Crippen molar-refractivity contribution < 1.29 is 0 Å². The van der Waals surface area contributed by atoms with Gasteiger partial charge in [-0.15, -0.1) is 0 Å². The third kappa shape index (κ3) is 3.11. The predicted octanol–water partition coefficient (Wildman–Crippen LogP) is 1.56. The van der Waals surface area contributed by atoms with Gasteiger partial charge in [0.05, 0.1) is 0 Å². The van der Waals surface area contributed by atoms with Crippen molar-refractivity contribution in [2.75, 3.05) is 20.6 Å². The minimum absolute atomic E-state index is 0.625. The largest absolute Gasteiger partial charge is 0.330 e. The number of hydrogen-bond donors (Lipinski definition) is 1. The molecule has 0 aromatic carbocycles. The normalized spacial score (nSPS) is 17.0. The van der Waals surface area contributed by atoms with Crippen molar-refractivity contribution in [1.82, 2.24) is 4.90 Å². The standard InChI is InChI=1S/C10H24N2/c1-6-9(7-11)10(8(2)3)12(4)5/h8-10H,6-7,11H2,1-5H3. The van der Waals surface area contributed by atoms with Gasteiger partial charge in [0, 0.05) is 6.04 Å². The molecule has 2 heteroatoms. The lowest BCUT2D eigenvalue weighted by Crippen LogP contribution is -2.42. The highest BCUT2D eigenvalue weighted by Crippen LogP contribution is 2.19. The van der Waals surface area contributed by atoms with Crippen LogP contribution in [0.1, 0.15) is 27.2 Å². The molecule has 12 heavy (non-hydrogen) atoms. The van der Waals surface area contributed by atoms with Crippen LogP contribution in [0.2, 0.25) is 0 Å². The minimum Gasteiger partial charge on any atom is -0.330 e. The summed E-state index contributed by atoms with van der Waals surface area (Å²) >= 11 is 0. The zero-order chi connectivity index (χ0) is 9.72. The molecule has 2 nitrogen and oxygen atoms in total. The second-order valence-electron chi connectivity index (χ2n) is 4.10. The molecule has 0 bridgehead atoms. The van der Waals surface area contributed by atoms with E-state index in [0.29, 0.717) is 17.9 Å². The monoisotopic (exact) mass is 172 g/mol. The highest BCUT2D eigenvalue weighted by Gasteiger charge is 2.23. The molecule has 0 heterocycles. The lowest BCUT2D eigenvalue weighted by atomic mass is 9.88. The Balaban J connectivity index is 4.26. The molecule has 0 fully saturated rings.